The molecule has 0 aliphatic carbocycles. The fourth-order valence-electron chi connectivity index (χ4n) is 3.64. The molecule has 138 valence electrons. The van der Waals surface area contributed by atoms with Crippen molar-refractivity contribution in [2.24, 2.45) is 0 Å². The van der Waals surface area contributed by atoms with Crippen LogP contribution in [0, 0.1) is 6.92 Å². The Hall–Kier alpha value is -3.23. The number of rotatable bonds is 3. The zero-order valence-electron chi connectivity index (χ0n) is 15.3. The maximum Gasteiger partial charge on any atom is 0.324 e. The van der Waals surface area contributed by atoms with Crippen molar-refractivity contribution >= 4 is 28.6 Å². The van der Waals surface area contributed by atoms with Gasteiger partial charge in [-0.1, -0.05) is 0 Å². The second-order valence-electron chi connectivity index (χ2n) is 7.06. The van der Waals surface area contributed by atoms with E-state index in [9.17, 15) is 4.79 Å². The van der Waals surface area contributed by atoms with Crippen LogP contribution in [0.1, 0.15) is 11.9 Å². The Morgan fingerprint density at radius 2 is 2.04 bits per heavy atom. The number of aromatic nitrogens is 5. The van der Waals surface area contributed by atoms with Crippen LogP contribution >= 0.6 is 0 Å². The van der Waals surface area contributed by atoms with E-state index in [1.54, 1.807) is 22.2 Å². The van der Waals surface area contributed by atoms with Crippen molar-refractivity contribution in [2.45, 2.75) is 13.0 Å². The molecule has 0 bridgehead atoms. The van der Waals surface area contributed by atoms with Crippen molar-refractivity contribution < 1.29 is 4.79 Å². The standard InChI is InChI=1S/C18H20N8O/c1-12-21-16-15(4-3-5-19-16)17(22-12)24-9-14(10-24)26-11-13(8-20-26)25-7-6-23(2)18(25)27/h3-5,8,11,14H,6-7,9-10H2,1-2H3. The first kappa shape index (κ1) is 16.0. The monoisotopic (exact) mass is 364 g/mol. The van der Waals surface area contributed by atoms with E-state index in [0.29, 0.717) is 6.54 Å². The summed E-state index contributed by atoms with van der Waals surface area (Å²) in [6.45, 7) is 4.97. The predicted octanol–water partition coefficient (Wildman–Crippen LogP) is 1.46. The zero-order chi connectivity index (χ0) is 18.5. The average molecular weight is 364 g/mol. The highest BCUT2D eigenvalue weighted by Crippen LogP contribution is 2.31. The van der Waals surface area contributed by atoms with Gasteiger partial charge in [0.15, 0.2) is 5.65 Å². The third-order valence-corrected chi connectivity index (χ3v) is 5.21. The molecule has 2 aliphatic rings. The van der Waals surface area contributed by atoms with Crippen molar-refractivity contribution in [3.63, 3.8) is 0 Å². The van der Waals surface area contributed by atoms with Crippen LogP contribution in [-0.4, -0.2) is 68.9 Å². The molecule has 0 unspecified atom stereocenters. The van der Waals surface area contributed by atoms with Crippen LogP contribution in [-0.2, 0) is 0 Å². The number of urea groups is 1. The van der Waals surface area contributed by atoms with Crippen LogP contribution < -0.4 is 9.80 Å². The van der Waals surface area contributed by atoms with Gasteiger partial charge in [-0.25, -0.2) is 19.7 Å². The lowest BCUT2D eigenvalue weighted by Crippen LogP contribution is -2.48. The number of carbonyl (C=O) groups is 1. The number of fused-ring (bicyclic) bond motifs is 1. The fraction of sp³-hybridized carbons (Fsp3) is 0.389. The van der Waals surface area contributed by atoms with Gasteiger partial charge in [0, 0.05) is 45.6 Å². The summed E-state index contributed by atoms with van der Waals surface area (Å²) in [6.07, 6.45) is 5.48. The molecule has 0 aromatic carbocycles. The van der Waals surface area contributed by atoms with E-state index in [1.165, 1.54) is 0 Å². The summed E-state index contributed by atoms with van der Waals surface area (Å²) in [7, 11) is 1.82. The molecule has 27 heavy (non-hydrogen) atoms. The lowest BCUT2D eigenvalue weighted by molar-refractivity contribution is 0.229. The molecule has 9 nitrogen and oxygen atoms in total. The topological polar surface area (TPSA) is 83.3 Å². The van der Waals surface area contributed by atoms with Crippen molar-refractivity contribution in [1.29, 1.82) is 0 Å². The van der Waals surface area contributed by atoms with Crippen LogP contribution in [0.15, 0.2) is 30.7 Å². The minimum absolute atomic E-state index is 0.0280. The molecule has 0 atom stereocenters. The molecule has 0 radical (unpaired) electrons. The summed E-state index contributed by atoms with van der Waals surface area (Å²) in [5.74, 6) is 1.64. The fourth-order valence-corrected chi connectivity index (χ4v) is 3.64. The molecule has 2 aliphatic heterocycles. The molecule has 0 N–H and O–H groups in total. The van der Waals surface area contributed by atoms with Crippen molar-refractivity contribution in [2.75, 3.05) is 43.0 Å². The number of amides is 2. The van der Waals surface area contributed by atoms with E-state index in [0.717, 1.165) is 48.0 Å². The summed E-state index contributed by atoms with van der Waals surface area (Å²) in [5, 5.41) is 5.45. The zero-order valence-corrected chi connectivity index (χ0v) is 15.3. The minimum Gasteiger partial charge on any atom is -0.352 e. The highest BCUT2D eigenvalue weighted by Gasteiger charge is 2.33. The van der Waals surface area contributed by atoms with Crippen molar-refractivity contribution in [1.82, 2.24) is 29.6 Å². The van der Waals surface area contributed by atoms with Gasteiger partial charge in [-0.2, -0.15) is 5.10 Å². The smallest absolute Gasteiger partial charge is 0.324 e. The maximum absolute atomic E-state index is 12.1. The Labute approximate surface area is 156 Å². The summed E-state index contributed by atoms with van der Waals surface area (Å²) in [4.78, 5) is 31.2. The lowest BCUT2D eigenvalue weighted by Gasteiger charge is -2.40. The van der Waals surface area contributed by atoms with Gasteiger partial charge in [0.1, 0.15) is 11.6 Å². The number of anilines is 2. The molecular weight excluding hydrogens is 344 g/mol. The molecule has 3 aromatic rings. The minimum atomic E-state index is 0.0280. The number of carbonyl (C=O) groups excluding carboxylic acids is 1. The Bertz CT molecular complexity index is 1030. The average Bonchev–Trinajstić information content (AvgIpc) is 3.21. The van der Waals surface area contributed by atoms with Crippen molar-refractivity contribution in [3.05, 3.63) is 36.5 Å². The predicted molar refractivity (Wildman–Crippen MR) is 101 cm³/mol. The molecular formula is C18H20N8O. The molecule has 0 spiro atoms. The first-order valence-corrected chi connectivity index (χ1v) is 9.01. The van der Waals surface area contributed by atoms with Gasteiger partial charge < -0.3 is 9.80 Å². The van der Waals surface area contributed by atoms with Gasteiger partial charge in [0.05, 0.1) is 23.3 Å². The molecule has 2 saturated heterocycles. The second-order valence-corrected chi connectivity index (χ2v) is 7.06. The normalized spacial score (nSPS) is 17.9. The van der Waals surface area contributed by atoms with E-state index in [1.807, 2.05) is 37.0 Å². The van der Waals surface area contributed by atoms with Gasteiger partial charge in [-0.15, -0.1) is 0 Å². The SMILES string of the molecule is Cc1nc(N2CC(n3cc(N4CCN(C)C4=O)cn3)C2)c2cccnc2n1. The maximum atomic E-state index is 12.1. The number of likely N-dealkylation sites (N-methyl/N-ethyl adjacent to an activating group) is 1. The molecule has 2 fully saturated rings. The van der Waals surface area contributed by atoms with Gasteiger partial charge in [-0.05, 0) is 19.1 Å². The van der Waals surface area contributed by atoms with Crippen LogP contribution in [0.2, 0.25) is 0 Å². The summed E-state index contributed by atoms with van der Waals surface area (Å²) >= 11 is 0. The van der Waals surface area contributed by atoms with Crippen LogP contribution in [0.4, 0.5) is 16.3 Å². The van der Waals surface area contributed by atoms with Crippen LogP contribution in [0.25, 0.3) is 11.0 Å². The number of hydrogen-bond donors (Lipinski definition) is 0. The lowest BCUT2D eigenvalue weighted by atomic mass is 10.1. The summed E-state index contributed by atoms with van der Waals surface area (Å²) in [6, 6.07) is 4.20. The van der Waals surface area contributed by atoms with E-state index in [4.69, 9.17) is 0 Å². The molecule has 5 heterocycles. The van der Waals surface area contributed by atoms with E-state index in [2.05, 4.69) is 25.0 Å². The number of hydrogen-bond acceptors (Lipinski definition) is 6. The Morgan fingerprint density at radius 3 is 2.81 bits per heavy atom. The molecule has 5 rings (SSSR count). The number of aryl methyl sites for hydroxylation is 1. The Morgan fingerprint density at radius 1 is 1.19 bits per heavy atom. The highest BCUT2D eigenvalue weighted by atomic mass is 16.2. The van der Waals surface area contributed by atoms with E-state index < -0.39 is 0 Å². The summed E-state index contributed by atoms with van der Waals surface area (Å²) < 4.78 is 1.95. The molecule has 3 aromatic heterocycles. The van der Waals surface area contributed by atoms with Crippen LogP contribution in [0.3, 0.4) is 0 Å². The first-order valence-electron chi connectivity index (χ1n) is 9.01. The quantitative estimate of drug-likeness (QED) is 0.700. The molecule has 2 amide bonds. The number of pyridine rings is 1. The first-order chi connectivity index (χ1) is 13.1. The second kappa shape index (κ2) is 5.90. The number of nitrogens with zero attached hydrogens (tertiary/aromatic N) is 8. The van der Waals surface area contributed by atoms with E-state index >= 15 is 0 Å². The van der Waals surface area contributed by atoms with E-state index in [-0.39, 0.29) is 12.1 Å². The third kappa shape index (κ3) is 2.57. The van der Waals surface area contributed by atoms with Gasteiger partial charge >= 0.3 is 6.03 Å². The Kier molecular flexibility index (Phi) is 3.49. The van der Waals surface area contributed by atoms with Gasteiger partial charge in [-0.3, -0.25) is 9.58 Å². The van der Waals surface area contributed by atoms with Gasteiger partial charge in [0.25, 0.3) is 0 Å². The van der Waals surface area contributed by atoms with Gasteiger partial charge in [0.2, 0.25) is 0 Å². The third-order valence-electron chi connectivity index (χ3n) is 5.21. The Balaban J connectivity index is 1.34. The molecule has 0 saturated carbocycles. The molecule has 9 heteroatoms. The largest absolute Gasteiger partial charge is 0.352 e. The van der Waals surface area contributed by atoms with Crippen LogP contribution in [0.5, 0.6) is 0 Å². The van der Waals surface area contributed by atoms with Crippen molar-refractivity contribution in [3.8, 4) is 0 Å². The highest BCUT2D eigenvalue weighted by molar-refractivity contribution is 5.93. The summed E-state index contributed by atoms with van der Waals surface area (Å²) in [5.41, 5.74) is 1.58.